The number of benzene rings is 2. The maximum Gasteiger partial charge on any atom is 0.255 e. The fourth-order valence-corrected chi connectivity index (χ4v) is 3.65. The van der Waals surface area contributed by atoms with Gasteiger partial charge in [0.2, 0.25) is 0 Å². The Labute approximate surface area is 166 Å². The third-order valence-corrected chi connectivity index (χ3v) is 5.25. The monoisotopic (exact) mass is 386 g/mol. The van der Waals surface area contributed by atoms with E-state index in [-0.39, 0.29) is 5.91 Å². The molecule has 1 N–H and O–H groups in total. The molecule has 4 nitrogen and oxygen atoms in total. The Balaban J connectivity index is 1.53. The Bertz CT molecular complexity index is 753. The van der Waals surface area contributed by atoms with Crippen LogP contribution in [0.3, 0.4) is 0 Å². The predicted octanol–water partition coefficient (Wildman–Crippen LogP) is 4.70. The second-order valence-electron chi connectivity index (χ2n) is 6.92. The van der Waals surface area contributed by atoms with Crippen LogP contribution < -0.4 is 15.0 Å². The number of ether oxygens (including phenoxy) is 1. The van der Waals surface area contributed by atoms with Crippen LogP contribution in [0.1, 0.15) is 41.6 Å². The largest absolute Gasteiger partial charge is 0.496 e. The van der Waals surface area contributed by atoms with Crippen molar-refractivity contribution in [3.63, 3.8) is 0 Å². The third-order valence-electron chi connectivity index (χ3n) is 5.01. The van der Waals surface area contributed by atoms with Crippen molar-refractivity contribution in [3.05, 3.63) is 58.6 Å². The normalized spacial score (nSPS) is 14.5. The van der Waals surface area contributed by atoms with Crippen LogP contribution in [0.15, 0.2) is 42.5 Å². The first-order valence-electron chi connectivity index (χ1n) is 9.63. The van der Waals surface area contributed by atoms with Gasteiger partial charge in [0.25, 0.3) is 5.91 Å². The van der Waals surface area contributed by atoms with Gasteiger partial charge in [-0.1, -0.05) is 36.6 Å². The molecule has 0 aliphatic carbocycles. The van der Waals surface area contributed by atoms with E-state index in [1.807, 2.05) is 0 Å². The Morgan fingerprint density at radius 3 is 2.44 bits per heavy atom. The number of nitrogens with zero attached hydrogens (tertiary/aromatic N) is 1. The quantitative estimate of drug-likeness (QED) is 0.782. The molecule has 2 aromatic carbocycles. The van der Waals surface area contributed by atoms with Crippen LogP contribution >= 0.6 is 11.6 Å². The zero-order valence-corrected chi connectivity index (χ0v) is 16.6. The molecule has 1 aliphatic heterocycles. The fourth-order valence-electron chi connectivity index (χ4n) is 3.48. The van der Waals surface area contributed by atoms with Crippen LogP contribution in [-0.4, -0.2) is 32.7 Å². The molecule has 0 spiro atoms. The molecule has 0 bridgehead atoms. The van der Waals surface area contributed by atoms with Gasteiger partial charge in [-0.2, -0.15) is 0 Å². The van der Waals surface area contributed by atoms with Gasteiger partial charge in [-0.3, -0.25) is 4.79 Å². The molecule has 5 heteroatoms. The fraction of sp³-hybridized carbons (Fsp3) is 0.409. The first-order valence-corrected chi connectivity index (χ1v) is 10.0. The number of amides is 1. The maximum absolute atomic E-state index is 12.4. The minimum Gasteiger partial charge on any atom is -0.496 e. The van der Waals surface area contributed by atoms with Crippen LogP contribution in [0.5, 0.6) is 5.75 Å². The molecule has 3 rings (SSSR count). The Morgan fingerprint density at radius 2 is 1.78 bits per heavy atom. The molecular weight excluding hydrogens is 360 g/mol. The standard InChI is InChI=1S/C22H27ClN2O2/c1-27-21-11-8-18(23)16-20(21)22(26)24-13-12-17-6-9-19(10-7-17)25-14-4-2-3-5-15-25/h6-11,16H,2-5,12-15H2,1H3,(H,24,26). The molecule has 1 aliphatic rings. The van der Waals surface area contributed by atoms with Crippen molar-refractivity contribution in [2.45, 2.75) is 32.1 Å². The minimum atomic E-state index is -0.171. The lowest BCUT2D eigenvalue weighted by atomic mass is 10.1. The van der Waals surface area contributed by atoms with E-state index in [0.29, 0.717) is 22.9 Å². The summed E-state index contributed by atoms with van der Waals surface area (Å²) in [7, 11) is 1.55. The molecule has 0 unspecified atom stereocenters. The van der Waals surface area contributed by atoms with Crippen molar-refractivity contribution in [3.8, 4) is 5.75 Å². The lowest BCUT2D eigenvalue weighted by Gasteiger charge is -2.22. The number of anilines is 1. The maximum atomic E-state index is 12.4. The van der Waals surface area contributed by atoms with E-state index in [1.165, 1.54) is 36.9 Å². The van der Waals surface area contributed by atoms with E-state index < -0.39 is 0 Å². The van der Waals surface area contributed by atoms with Crippen LogP contribution in [0.25, 0.3) is 0 Å². The van der Waals surface area contributed by atoms with Crippen LogP contribution in [0.4, 0.5) is 5.69 Å². The number of carbonyl (C=O) groups is 1. The van der Waals surface area contributed by atoms with E-state index in [9.17, 15) is 4.79 Å². The lowest BCUT2D eigenvalue weighted by Crippen LogP contribution is -2.26. The molecule has 0 radical (unpaired) electrons. The number of carbonyl (C=O) groups excluding carboxylic acids is 1. The zero-order valence-electron chi connectivity index (χ0n) is 15.8. The molecule has 2 aromatic rings. The van der Waals surface area contributed by atoms with Crippen molar-refractivity contribution < 1.29 is 9.53 Å². The molecule has 0 saturated carbocycles. The van der Waals surface area contributed by atoms with Crippen LogP contribution in [0.2, 0.25) is 5.02 Å². The van der Waals surface area contributed by atoms with E-state index in [4.69, 9.17) is 16.3 Å². The molecule has 1 heterocycles. The summed E-state index contributed by atoms with van der Waals surface area (Å²) in [6, 6.07) is 13.8. The summed E-state index contributed by atoms with van der Waals surface area (Å²) in [6.07, 6.45) is 6.02. The molecule has 0 aromatic heterocycles. The Kier molecular flexibility index (Phi) is 6.99. The molecule has 27 heavy (non-hydrogen) atoms. The average Bonchev–Trinajstić information content (AvgIpc) is 2.98. The van der Waals surface area contributed by atoms with Gasteiger partial charge in [0.1, 0.15) is 5.75 Å². The van der Waals surface area contributed by atoms with Crippen molar-refractivity contribution in [2.75, 3.05) is 31.6 Å². The molecule has 0 atom stereocenters. The van der Waals surface area contributed by atoms with Gasteiger partial charge in [0.15, 0.2) is 0 Å². The van der Waals surface area contributed by atoms with Gasteiger partial charge in [-0.05, 0) is 55.2 Å². The summed E-state index contributed by atoms with van der Waals surface area (Å²) >= 11 is 6.00. The van der Waals surface area contributed by atoms with Gasteiger partial charge in [-0.25, -0.2) is 0 Å². The first-order chi connectivity index (χ1) is 13.2. The van der Waals surface area contributed by atoms with Gasteiger partial charge in [0, 0.05) is 30.3 Å². The Hall–Kier alpha value is -2.20. The van der Waals surface area contributed by atoms with E-state index >= 15 is 0 Å². The van der Waals surface area contributed by atoms with E-state index in [2.05, 4.69) is 34.5 Å². The van der Waals surface area contributed by atoms with Crippen LogP contribution in [-0.2, 0) is 6.42 Å². The number of nitrogens with one attached hydrogen (secondary N) is 1. The smallest absolute Gasteiger partial charge is 0.255 e. The topological polar surface area (TPSA) is 41.6 Å². The summed E-state index contributed by atoms with van der Waals surface area (Å²) in [5.74, 6) is 0.356. The molecule has 1 saturated heterocycles. The highest BCUT2D eigenvalue weighted by molar-refractivity contribution is 6.31. The second kappa shape index (κ2) is 9.65. The number of hydrogen-bond donors (Lipinski definition) is 1. The number of hydrogen-bond acceptors (Lipinski definition) is 3. The van der Waals surface area contributed by atoms with Gasteiger partial charge in [0.05, 0.1) is 12.7 Å². The molecule has 144 valence electrons. The van der Waals surface area contributed by atoms with Gasteiger partial charge < -0.3 is 15.0 Å². The van der Waals surface area contributed by atoms with Gasteiger partial charge >= 0.3 is 0 Å². The van der Waals surface area contributed by atoms with E-state index in [1.54, 1.807) is 25.3 Å². The van der Waals surface area contributed by atoms with Gasteiger partial charge in [-0.15, -0.1) is 0 Å². The summed E-state index contributed by atoms with van der Waals surface area (Å²) in [5.41, 5.74) is 2.97. The SMILES string of the molecule is COc1ccc(Cl)cc1C(=O)NCCc1ccc(N2CCCCCC2)cc1. The highest BCUT2D eigenvalue weighted by Crippen LogP contribution is 2.23. The summed E-state index contributed by atoms with van der Waals surface area (Å²) < 4.78 is 5.24. The lowest BCUT2D eigenvalue weighted by molar-refractivity contribution is 0.0951. The van der Waals surface area contributed by atoms with Crippen molar-refractivity contribution in [1.82, 2.24) is 5.32 Å². The van der Waals surface area contributed by atoms with Crippen molar-refractivity contribution in [1.29, 1.82) is 0 Å². The average molecular weight is 387 g/mol. The number of halogens is 1. The highest BCUT2D eigenvalue weighted by Gasteiger charge is 2.13. The number of methoxy groups -OCH3 is 1. The highest BCUT2D eigenvalue weighted by atomic mass is 35.5. The van der Waals surface area contributed by atoms with Crippen molar-refractivity contribution in [2.24, 2.45) is 0 Å². The minimum absolute atomic E-state index is 0.171. The predicted molar refractivity (Wildman–Crippen MR) is 111 cm³/mol. The molecule has 1 amide bonds. The zero-order chi connectivity index (χ0) is 19.1. The summed E-state index contributed by atoms with van der Waals surface area (Å²) in [6.45, 7) is 2.87. The Morgan fingerprint density at radius 1 is 1.07 bits per heavy atom. The van der Waals surface area contributed by atoms with Crippen LogP contribution in [0, 0.1) is 0 Å². The third kappa shape index (κ3) is 5.39. The summed E-state index contributed by atoms with van der Waals surface area (Å²) in [4.78, 5) is 14.9. The number of rotatable bonds is 6. The first kappa shape index (κ1) is 19.6. The molecular formula is C22H27ClN2O2. The summed E-state index contributed by atoms with van der Waals surface area (Å²) in [5, 5.41) is 3.47. The van der Waals surface area contributed by atoms with Crippen molar-refractivity contribution >= 4 is 23.2 Å². The second-order valence-corrected chi connectivity index (χ2v) is 7.35. The molecule has 1 fully saturated rings. The van der Waals surface area contributed by atoms with E-state index in [0.717, 1.165) is 19.5 Å².